The maximum Gasteiger partial charge on any atom is 0.339 e. The first-order valence-corrected chi connectivity index (χ1v) is 6.90. The van der Waals surface area contributed by atoms with Crippen LogP contribution in [0.25, 0.3) is 0 Å². The zero-order valence-electron chi connectivity index (χ0n) is 11.3. The molecular weight excluding hydrogens is 282 g/mol. The summed E-state index contributed by atoms with van der Waals surface area (Å²) in [6.07, 6.45) is 3.63. The van der Waals surface area contributed by atoms with Crippen LogP contribution in [0.3, 0.4) is 0 Å². The zero-order chi connectivity index (χ0) is 14.7. The molecule has 1 aromatic carbocycles. The van der Waals surface area contributed by atoms with Crippen molar-refractivity contribution in [3.63, 3.8) is 0 Å². The molecule has 0 bridgehead atoms. The second-order valence-electron chi connectivity index (χ2n) is 4.95. The van der Waals surface area contributed by atoms with Crippen LogP contribution in [0.1, 0.15) is 36.0 Å². The minimum atomic E-state index is -1.10. The number of benzene rings is 1. The lowest BCUT2D eigenvalue weighted by Crippen LogP contribution is -2.30. The third-order valence-electron chi connectivity index (χ3n) is 3.49. The maximum absolute atomic E-state index is 11.3. The number of hydrogen-bond donors (Lipinski definition) is 2. The van der Waals surface area contributed by atoms with Crippen molar-refractivity contribution >= 4 is 23.3 Å². The molecule has 0 aliphatic heterocycles. The minimum Gasteiger partial charge on any atom is -0.488 e. The van der Waals surface area contributed by atoms with E-state index in [0.29, 0.717) is 5.69 Å². The van der Waals surface area contributed by atoms with Gasteiger partial charge in [-0.25, -0.2) is 4.79 Å². The van der Waals surface area contributed by atoms with E-state index in [0.717, 1.165) is 25.7 Å². The van der Waals surface area contributed by atoms with Crippen molar-refractivity contribution < 1.29 is 19.4 Å². The van der Waals surface area contributed by atoms with Gasteiger partial charge in [-0.1, -0.05) is 11.6 Å². The second-order valence-corrected chi connectivity index (χ2v) is 5.36. The molecular formula is C14H18ClNO4. The maximum atomic E-state index is 11.3. The van der Waals surface area contributed by atoms with E-state index in [-0.39, 0.29) is 28.5 Å². The summed E-state index contributed by atoms with van der Waals surface area (Å²) in [4.78, 5) is 11.3. The van der Waals surface area contributed by atoms with Gasteiger partial charge in [-0.15, -0.1) is 0 Å². The predicted molar refractivity (Wildman–Crippen MR) is 76.5 cm³/mol. The summed E-state index contributed by atoms with van der Waals surface area (Å²) in [5.74, 6) is -0.913. The number of nitrogen functional groups attached to an aromatic ring is 1. The van der Waals surface area contributed by atoms with Crippen LogP contribution in [0.5, 0.6) is 5.75 Å². The third-order valence-corrected chi connectivity index (χ3v) is 3.77. The summed E-state index contributed by atoms with van der Waals surface area (Å²) in [6.45, 7) is 0. The first-order valence-electron chi connectivity index (χ1n) is 6.53. The second kappa shape index (κ2) is 6.33. The Kier molecular flexibility index (Phi) is 4.73. The Hall–Kier alpha value is -1.46. The van der Waals surface area contributed by atoms with Gasteiger partial charge in [-0.3, -0.25) is 0 Å². The normalized spacial score (nSPS) is 22.5. The first-order chi connectivity index (χ1) is 9.51. The van der Waals surface area contributed by atoms with Gasteiger partial charge in [-0.05, 0) is 31.4 Å². The molecule has 2 atom stereocenters. The molecule has 2 rings (SSSR count). The molecule has 1 aliphatic rings. The van der Waals surface area contributed by atoms with Crippen LogP contribution >= 0.6 is 11.6 Å². The Morgan fingerprint density at radius 3 is 2.75 bits per heavy atom. The molecule has 0 amide bonds. The highest BCUT2D eigenvalue weighted by molar-refractivity contribution is 6.33. The van der Waals surface area contributed by atoms with Gasteiger partial charge in [-0.2, -0.15) is 0 Å². The van der Waals surface area contributed by atoms with E-state index < -0.39 is 5.97 Å². The van der Waals surface area contributed by atoms with Gasteiger partial charge in [0, 0.05) is 19.2 Å². The van der Waals surface area contributed by atoms with E-state index in [1.807, 2.05) is 0 Å². The molecule has 1 saturated carbocycles. The molecule has 0 heterocycles. The van der Waals surface area contributed by atoms with E-state index in [4.69, 9.17) is 26.8 Å². The van der Waals surface area contributed by atoms with E-state index in [2.05, 4.69) is 0 Å². The molecule has 6 heteroatoms. The molecule has 20 heavy (non-hydrogen) atoms. The summed E-state index contributed by atoms with van der Waals surface area (Å²) in [5, 5.41) is 9.45. The number of aromatic carboxylic acids is 1. The topological polar surface area (TPSA) is 81.8 Å². The van der Waals surface area contributed by atoms with Crippen molar-refractivity contribution in [3.05, 3.63) is 22.7 Å². The molecule has 0 aromatic heterocycles. The fourth-order valence-corrected chi connectivity index (χ4v) is 2.76. The molecule has 1 aromatic rings. The number of anilines is 1. The van der Waals surface area contributed by atoms with Gasteiger partial charge >= 0.3 is 5.97 Å². The highest BCUT2D eigenvalue weighted by Crippen LogP contribution is 2.35. The number of nitrogens with two attached hydrogens (primary N) is 1. The van der Waals surface area contributed by atoms with Gasteiger partial charge in [0.15, 0.2) is 5.75 Å². The fraction of sp³-hybridized carbons (Fsp3) is 0.500. The summed E-state index contributed by atoms with van der Waals surface area (Å²) >= 11 is 6.07. The lowest BCUT2D eigenvalue weighted by Gasteiger charge is -2.29. The number of hydrogen-bond acceptors (Lipinski definition) is 4. The van der Waals surface area contributed by atoms with Crippen LogP contribution < -0.4 is 10.5 Å². The van der Waals surface area contributed by atoms with Crippen molar-refractivity contribution in [3.8, 4) is 5.75 Å². The quantitative estimate of drug-likeness (QED) is 0.835. The first kappa shape index (κ1) is 14.9. The fourth-order valence-electron chi connectivity index (χ4n) is 2.48. The summed E-state index contributed by atoms with van der Waals surface area (Å²) in [6, 6.07) is 2.86. The highest BCUT2D eigenvalue weighted by Gasteiger charge is 2.26. The largest absolute Gasteiger partial charge is 0.488 e. The third kappa shape index (κ3) is 3.35. The molecule has 1 fully saturated rings. The predicted octanol–water partition coefficient (Wildman–Crippen LogP) is 2.96. The molecule has 0 spiro atoms. The summed E-state index contributed by atoms with van der Waals surface area (Å²) in [7, 11) is 1.67. The van der Waals surface area contributed by atoms with Crippen molar-refractivity contribution in [1.82, 2.24) is 0 Å². The summed E-state index contributed by atoms with van der Waals surface area (Å²) in [5.41, 5.74) is 5.92. The Bertz CT molecular complexity index is 506. The van der Waals surface area contributed by atoms with Crippen LogP contribution in [-0.2, 0) is 4.74 Å². The lowest BCUT2D eigenvalue weighted by atomic mass is 9.95. The number of carboxylic acids is 1. The Balaban J connectivity index is 2.22. The van der Waals surface area contributed by atoms with Gasteiger partial charge in [0.05, 0.1) is 11.1 Å². The van der Waals surface area contributed by atoms with Gasteiger partial charge in [0.25, 0.3) is 0 Å². The monoisotopic (exact) mass is 299 g/mol. The van der Waals surface area contributed by atoms with Gasteiger partial charge in [0.2, 0.25) is 0 Å². The van der Waals surface area contributed by atoms with Crippen molar-refractivity contribution in [2.45, 2.75) is 37.9 Å². The van der Waals surface area contributed by atoms with E-state index in [1.165, 1.54) is 12.1 Å². The molecule has 5 nitrogen and oxygen atoms in total. The van der Waals surface area contributed by atoms with E-state index in [9.17, 15) is 9.90 Å². The standard InChI is InChI=1S/C14H18ClNO4/c1-19-9-3-2-4-10(7-9)20-13-11(14(17)18)5-8(16)6-12(13)15/h5-6,9-10H,2-4,7,16H2,1H3,(H,17,18). The number of ether oxygens (including phenoxy) is 2. The number of rotatable bonds is 4. The number of carboxylic acid groups (broad SMARTS) is 1. The number of halogens is 1. The van der Waals surface area contributed by atoms with Crippen LogP contribution in [-0.4, -0.2) is 30.4 Å². The van der Waals surface area contributed by atoms with Crippen LogP contribution in [0.4, 0.5) is 5.69 Å². The van der Waals surface area contributed by atoms with Gasteiger partial charge < -0.3 is 20.3 Å². The van der Waals surface area contributed by atoms with Gasteiger partial charge in [0.1, 0.15) is 11.7 Å². The van der Waals surface area contributed by atoms with Crippen LogP contribution in [0.15, 0.2) is 12.1 Å². The Morgan fingerprint density at radius 1 is 1.40 bits per heavy atom. The molecule has 1 aliphatic carbocycles. The zero-order valence-corrected chi connectivity index (χ0v) is 12.0. The highest BCUT2D eigenvalue weighted by atomic mass is 35.5. The van der Waals surface area contributed by atoms with E-state index >= 15 is 0 Å². The SMILES string of the molecule is COC1CCCC(Oc2c(Cl)cc(N)cc2C(=O)O)C1. The van der Waals surface area contributed by atoms with Crippen molar-refractivity contribution in [2.75, 3.05) is 12.8 Å². The average molecular weight is 300 g/mol. The number of methoxy groups -OCH3 is 1. The lowest BCUT2D eigenvalue weighted by molar-refractivity contribution is 0.0205. The van der Waals surface area contributed by atoms with Crippen LogP contribution in [0.2, 0.25) is 5.02 Å². The average Bonchev–Trinajstić information content (AvgIpc) is 2.41. The molecule has 2 unspecified atom stereocenters. The Morgan fingerprint density at radius 2 is 2.10 bits per heavy atom. The molecule has 0 radical (unpaired) electrons. The molecule has 0 saturated heterocycles. The summed E-state index contributed by atoms with van der Waals surface area (Å²) < 4.78 is 11.2. The van der Waals surface area contributed by atoms with E-state index in [1.54, 1.807) is 7.11 Å². The molecule has 3 N–H and O–H groups in total. The number of carbonyl (C=O) groups is 1. The minimum absolute atomic E-state index is 0.00506. The van der Waals surface area contributed by atoms with Crippen molar-refractivity contribution in [1.29, 1.82) is 0 Å². The molecule has 110 valence electrons. The van der Waals surface area contributed by atoms with Crippen molar-refractivity contribution in [2.24, 2.45) is 0 Å². The Labute approximate surface area is 122 Å². The van der Waals surface area contributed by atoms with Crippen LogP contribution in [0, 0.1) is 0 Å². The smallest absolute Gasteiger partial charge is 0.339 e.